The second kappa shape index (κ2) is 7.98. The molecule has 0 radical (unpaired) electrons. The highest BCUT2D eigenvalue weighted by Gasteiger charge is 2.30. The second-order valence-electron chi connectivity index (χ2n) is 12.7. The number of benzene rings is 2. The molecule has 0 aliphatic carbocycles. The van der Waals surface area contributed by atoms with Crippen molar-refractivity contribution in [3.63, 3.8) is 0 Å². The highest BCUT2D eigenvalue weighted by atomic mass is 14.8. The third-order valence-corrected chi connectivity index (χ3v) is 5.53. The van der Waals surface area contributed by atoms with Gasteiger partial charge in [0.05, 0.1) is 11.4 Å². The van der Waals surface area contributed by atoms with Crippen LogP contribution in [0.25, 0.3) is 0 Å². The lowest BCUT2D eigenvalue weighted by Crippen LogP contribution is -2.27. The predicted octanol–water partition coefficient (Wildman–Crippen LogP) is 8.75. The summed E-state index contributed by atoms with van der Waals surface area (Å²) in [4.78, 5) is 5.43. The van der Waals surface area contributed by atoms with Gasteiger partial charge in [0, 0.05) is 11.0 Å². The van der Waals surface area contributed by atoms with Crippen molar-refractivity contribution in [2.75, 3.05) is 0 Å². The Morgan fingerprint density at radius 3 is 1.53 bits per heavy atom. The van der Waals surface area contributed by atoms with E-state index in [0.717, 1.165) is 11.4 Å². The van der Waals surface area contributed by atoms with Crippen molar-refractivity contribution >= 4 is 11.4 Å². The van der Waals surface area contributed by atoms with Gasteiger partial charge in [-0.05, 0) is 39.0 Å². The molecule has 0 atom stereocenters. The first-order valence-corrected chi connectivity index (χ1v) is 11.3. The monoisotopic (exact) mass is 405 g/mol. The van der Waals surface area contributed by atoms with Gasteiger partial charge in [0.1, 0.15) is 0 Å². The molecule has 0 unspecified atom stereocenters. The molecule has 2 aromatic carbocycles. The molecule has 2 rings (SSSR count). The fraction of sp³-hybridized carbons (Fsp3) is 0.552. The van der Waals surface area contributed by atoms with E-state index < -0.39 is 0 Å². The maximum atomic E-state index is 5.43. The van der Waals surface area contributed by atoms with Gasteiger partial charge in [-0.2, -0.15) is 0 Å². The van der Waals surface area contributed by atoms with E-state index in [-0.39, 0.29) is 21.7 Å². The van der Waals surface area contributed by atoms with Gasteiger partial charge >= 0.3 is 0 Å². The van der Waals surface area contributed by atoms with Crippen molar-refractivity contribution in [1.29, 1.82) is 0 Å². The Balaban J connectivity index is 2.91. The van der Waals surface area contributed by atoms with Gasteiger partial charge in [0.25, 0.3) is 0 Å². The normalized spacial score (nSPS) is 14.2. The Morgan fingerprint density at radius 1 is 0.567 bits per heavy atom. The SMILES string of the molecule is CC(C)(C)C(=Nc1cccc(C(C)(C)C)c1C(C)(C)C)c1ccccc1C(C)(C)C. The van der Waals surface area contributed by atoms with E-state index in [0.29, 0.717) is 0 Å². The van der Waals surface area contributed by atoms with Crippen LogP contribution in [0.4, 0.5) is 5.69 Å². The predicted molar refractivity (Wildman–Crippen MR) is 135 cm³/mol. The third kappa shape index (κ3) is 5.42. The van der Waals surface area contributed by atoms with Crippen LogP contribution in [0.3, 0.4) is 0 Å². The van der Waals surface area contributed by atoms with Crippen molar-refractivity contribution in [3.8, 4) is 0 Å². The molecular weight excluding hydrogens is 362 g/mol. The summed E-state index contributed by atoms with van der Waals surface area (Å²) in [5, 5.41) is 0. The first kappa shape index (κ1) is 24.4. The van der Waals surface area contributed by atoms with Crippen molar-refractivity contribution < 1.29 is 0 Å². The van der Waals surface area contributed by atoms with Gasteiger partial charge in [0.2, 0.25) is 0 Å². The number of hydrogen-bond acceptors (Lipinski definition) is 1. The topological polar surface area (TPSA) is 12.4 Å². The molecule has 30 heavy (non-hydrogen) atoms. The maximum Gasteiger partial charge on any atom is 0.0673 e. The standard InChI is InChI=1S/C29H43N/c1-26(2,3)21-17-14-13-16-20(21)25(29(10,11)12)30-23-19-15-18-22(27(4,5)6)24(23)28(7,8)9/h13-19H,1-12H3. The van der Waals surface area contributed by atoms with Crippen molar-refractivity contribution in [2.45, 2.75) is 99.3 Å². The Labute approximate surface area is 186 Å². The Morgan fingerprint density at radius 2 is 1.07 bits per heavy atom. The van der Waals surface area contributed by atoms with E-state index >= 15 is 0 Å². The van der Waals surface area contributed by atoms with Gasteiger partial charge in [-0.15, -0.1) is 0 Å². The number of rotatable bonds is 2. The summed E-state index contributed by atoms with van der Waals surface area (Å²) in [6, 6.07) is 15.4. The van der Waals surface area contributed by atoms with Crippen LogP contribution in [-0.4, -0.2) is 5.71 Å². The van der Waals surface area contributed by atoms with E-state index in [1.165, 1.54) is 22.3 Å². The summed E-state index contributed by atoms with van der Waals surface area (Å²) in [6.07, 6.45) is 0. The van der Waals surface area contributed by atoms with Crippen LogP contribution in [0.1, 0.15) is 105 Å². The van der Waals surface area contributed by atoms with Crippen molar-refractivity contribution in [1.82, 2.24) is 0 Å². The molecule has 0 saturated carbocycles. The summed E-state index contributed by atoms with van der Waals surface area (Å²) in [5.41, 5.74) is 7.67. The zero-order chi connectivity index (χ0) is 23.1. The van der Waals surface area contributed by atoms with Crippen LogP contribution in [0, 0.1) is 5.41 Å². The Bertz CT molecular complexity index is 917. The van der Waals surface area contributed by atoms with E-state index in [1.54, 1.807) is 0 Å². The maximum absolute atomic E-state index is 5.43. The van der Waals surface area contributed by atoms with Crippen LogP contribution in [0.2, 0.25) is 0 Å². The van der Waals surface area contributed by atoms with Crippen LogP contribution in [-0.2, 0) is 16.2 Å². The number of aliphatic imine (C=N–C) groups is 1. The molecule has 0 heterocycles. The molecule has 1 heteroatoms. The first-order valence-electron chi connectivity index (χ1n) is 11.3. The lowest BCUT2D eigenvalue weighted by molar-refractivity contribution is 0.530. The summed E-state index contributed by atoms with van der Waals surface area (Å²) >= 11 is 0. The molecule has 0 N–H and O–H groups in total. The molecule has 2 aromatic rings. The smallest absolute Gasteiger partial charge is 0.0673 e. The summed E-state index contributed by atoms with van der Waals surface area (Å²) in [6.45, 7) is 27.5. The molecule has 0 saturated heterocycles. The van der Waals surface area contributed by atoms with Crippen LogP contribution in [0.15, 0.2) is 47.5 Å². The average molecular weight is 406 g/mol. The van der Waals surface area contributed by atoms with Gasteiger partial charge in [-0.25, -0.2) is 0 Å². The van der Waals surface area contributed by atoms with Crippen LogP contribution < -0.4 is 0 Å². The number of hydrogen-bond donors (Lipinski definition) is 0. The van der Waals surface area contributed by atoms with Gasteiger partial charge in [0.15, 0.2) is 0 Å². The van der Waals surface area contributed by atoms with E-state index in [2.05, 4.69) is 126 Å². The molecule has 0 aliphatic heterocycles. The van der Waals surface area contributed by atoms with Gasteiger partial charge < -0.3 is 0 Å². The van der Waals surface area contributed by atoms with Crippen LogP contribution in [0.5, 0.6) is 0 Å². The van der Waals surface area contributed by atoms with Crippen molar-refractivity contribution in [3.05, 3.63) is 64.7 Å². The second-order valence-corrected chi connectivity index (χ2v) is 12.7. The number of nitrogens with zero attached hydrogens (tertiary/aromatic N) is 1. The Kier molecular flexibility index (Phi) is 6.49. The lowest BCUT2D eigenvalue weighted by Gasteiger charge is -2.33. The molecule has 0 bridgehead atoms. The molecule has 0 amide bonds. The zero-order valence-corrected chi connectivity index (χ0v) is 21.5. The van der Waals surface area contributed by atoms with Crippen molar-refractivity contribution in [2.24, 2.45) is 10.4 Å². The fourth-order valence-electron chi connectivity index (χ4n) is 4.14. The molecule has 0 aromatic heterocycles. The van der Waals surface area contributed by atoms with E-state index in [9.17, 15) is 0 Å². The molecule has 1 nitrogen and oxygen atoms in total. The Hall–Kier alpha value is -1.89. The van der Waals surface area contributed by atoms with Crippen LogP contribution >= 0.6 is 0 Å². The highest BCUT2D eigenvalue weighted by Crippen LogP contribution is 2.41. The largest absolute Gasteiger partial charge is 0.252 e. The van der Waals surface area contributed by atoms with Gasteiger partial charge in [-0.1, -0.05) is 119 Å². The molecule has 0 fully saturated rings. The minimum atomic E-state index is -0.0752. The van der Waals surface area contributed by atoms with E-state index in [4.69, 9.17) is 4.99 Å². The molecule has 0 spiro atoms. The summed E-state index contributed by atoms with van der Waals surface area (Å²) in [7, 11) is 0. The fourth-order valence-corrected chi connectivity index (χ4v) is 4.14. The first-order chi connectivity index (χ1) is 13.4. The minimum absolute atomic E-state index is 0.00917. The molecular formula is C29H43N. The lowest BCUT2D eigenvalue weighted by atomic mass is 9.74. The molecule has 0 aliphatic rings. The van der Waals surface area contributed by atoms with Gasteiger partial charge in [-0.3, -0.25) is 4.99 Å². The zero-order valence-electron chi connectivity index (χ0n) is 21.5. The molecule has 164 valence electrons. The minimum Gasteiger partial charge on any atom is -0.252 e. The quantitative estimate of drug-likeness (QED) is 0.443. The highest BCUT2D eigenvalue weighted by molar-refractivity contribution is 6.07. The summed E-state index contributed by atoms with van der Waals surface area (Å²) in [5.74, 6) is 0. The average Bonchev–Trinajstić information content (AvgIpc) is 2.56. The summed E-state index contributed by atoms with van der Waals surface area (Å²) < 4.78 is 0. The third-order valence-electron chi connectivity index (χ3n) is 5.53. The van der Waals surface area contributed by atoms with E-state index in [1.807, 2.05) is 0 Å².